The predicted octanol–water partition coefficient (Wildman–Crippen LogP) is 0.0688. The van der Waals surface area contributed by atoms with Crippen LogP contribution in [0.2, 0.25) is 0 Å². The summed E-state index contributed by atoms with van der Waals surface area (Å²) in [6.07, 6.45) is 3.34. The summed E-state index contributed by atoms with van der Waals surface area (Å²) >= 11 is 0. The van der Waals surface area contributed by atoms with Crippen LogP contribution in [0.5, 0.6) is 0 Å². The number of amides is 1. The lowest BCUT2D eigenvalue weighted by Crippen LogP contribution is -2.31. The van der Waals surface area contributed by atoms with Crippen molar-refractivity contribution in [3.63, 3.8) is 0 Å². The van der Waals surface area contributed by atoms with E-state index in [1.165, 1.54) is 0 Å². The number of halogens is 1. The monoisotopic (exact) mass is 252 g/mol. The van der Waals surface area contributed by atoms with Gasteiger partial charge in [-0.1, -0.05) is 0 Å². The summed E-state index contributed by atoms with van der Waals surface area (Å²) in [5.74, 6) is -0.117. The fourth-order valence-electron chi connectivity index (χ4n) is 1.46. The van der Waals surface area contributed by atoms with E-state index < -0.39 is 0 Å². The summed E-state index contributed by atoms with van der Waals surface area (Å²) in [7, 11) is 0. The van der Waals surface area contributed by atoms with Crippen LogP contribution in [0.15, 0.2) is 0 Å². The lowest BCUT2D eigenvalue weighted by Gasteiger charge is -2.10. The minimum absolute atomic E-state index is 0. The maximum atomic E-state index is 10.8. The molecule has 96 valence electrons. The molecule has 0 saturated carbocycles. The SMILES string of the molecule is Cl.NCC(=O)NCCCOCC1CCCO1. The molecule has 0 radical (unpaired) electrons. The predicted molar refractivity (Wildman–Crippen MR) is 63.7 cm³/mol. The third-order valence-corrected chi connectivity index (χ3v) is 2.30. The number of hydrogen-bond donors (Lipinski definition) is 2. The molecule has 16 heavy (non-hydrogen) atoms. The Hall–Kier alpha value is -0.360. The first-order chi connectivity index (χ1) is 7.33. The molecule has 0 aromatic carbocycles. The van der Waals surface area contributed by atoms with Crippen molar-refractivity contribution >= 4 is 18.3 Å². The van der Waals surface area contributed by atoms with Crippen LogP contribution >= 0.6 is 12.4 Å². The summed E-state index contributed by atoms with van der Waals surface area (Å²) in [6.45, 7) is 2.87. The highest BCUT2D eigenvalue weighted by Crippen LogP contribution is 2.11. The van der Waals surface area contributed by atoms with Crippen LogP contribution in [-0.4, -0.2) is 44.9 Å². The van der Waals surface area contributed by atoms with Gasteiger partial charge >= 0.3 is 0 Å². The van der Waals surface area contributed by atoms with E-state index in [9.17, 15) is 4.79 Å². The van der Waals surface area contributed by atoms with Crippen LogP contribution < -0.4 is 11.1 Å². The van der Waals surface area contributed by atoms with E-state index in [0.717, 1.165) is 25.9 Å². The first-order valence-corrected chi connectivity index (χ1v) is 5.49. The zero-order valence-corrected chi connectivity index (χ0v) is 10.3. The standard InChI is InChI=1S/C10H20N2O3.ClH/c11-7-10(13)12-4-2-5-14-8-9-3-1-6-15-9;/h9H,1-8,11H2,(H,12,13);1H. The van der Waals surface area contributed by atoms with Crippen molar-refractivity contribution in [3.8, 4) is 0 Å². The molecule has 1 saturated heterocycles. The molecule has 0 aromatic heterocycles. The maximum Gasteiger partial charge on any atom is 0.233 e. The summed E-state index contributed by atoms with van der Waals surface area (Å²) in [4.78, 5) is 10.8. The smallest absolute Gasteiger partial charge is 0.233 e. The lowest BCUT2D eigenvalue weighted by atomic mass is 10.2. The van der Waals surface area contributed by atoms with Crippen LogP contribution in [0.1, 0.15) is 19.3 Å². The summed E-state index contributed by atoms with van der Waals surface area (Å²) in [6, 6.07) is 0. The van der Waals surface area contributed by atoms with E-state index in [0.29, 0.717) is 19.8 Å². The molecular weight excluding hydrogens is 232 g/mol. The van der Waals surface area contributed by atoms with Crippen molar-refractivity contribution in [1.29, 1.82) is 0 Å². The Balaban J connectivity index is 0.00000225. The number of carbonyl (C=O) groups is 1. The summed E-state index contributed by atoms with van der Waals surface area (Å²) in [5.41, 5.74) is 5.14. The fraction of sp³-hybridized carbons (Fsp3) is 0.900. The Morgan fingerprint density at radius 1 is 1.56 bits per heavy atom. The topological polar surface area (TPSA) is 73.6 Å². The number of nitrogens with two attached hydrogens (primary N) is 1. The van der Waals surface area contributed by atoms with Crippen molar-refractivity contribution < 1.29 is 14.3 Å². The average molecular weight is 253 g/mol. The van der Waals surface area contributed by atoms with Gasteiger partial charge < -0.3 is 20.5 Å². The molecule has 0 aliphatic carbocycles. The van der Waals surface area contributed by atoms with Crippen molar-refractivity contribution in [2.75, 3.05) is 32.9 Å². The van der Waals surface area contributed by atoms with Crippen LogP contribution in [0.25, 0.3) is 0 Å². The Morgan fingerprint density at radius 3 is 3.00 bits per heavy atom. The Bertz CT molecular complexity index is 187. The average Bonchev–Trinajstić information content (AvgIpc) is 2.75. The van der Waals surface area contributed by atoms with Gasteiger partial charge in [0.25, 0.3) is 0 Å². The van der Waals surface area contributed by atoms with Gasteiger partial charge in [-0.05, 0) is 19.3 Å². The van der Waals surface area contributed by atoms with Crippen molar-refractivity contribution in [3.05, 3.63) is 0 Å². The van der Waals surface area contributed by atoms with Gasteiger partial charge in [-0.25, -0.2) is 0 Å². The molecule has 0 aromatic rings. The highest BCUT2D eigenvalue weighted by Gasteiger charge is 2.14. The van der Waals surface area contributed by atoms with Gasteiger partial charge in [0.05, 0.1) is 19.3 Å². The molecule has 1 unspecified atom stereocenters. The van der Waals surface area contributed by atoms with Crippen LogP contribution in [0.3, 0.4) is 0 Å². The molecule has 6 heteroatoms. The van der Waals surface area contributed by atoms with E-state index in [2.05, 4.69) is 5.32 Å². The molecular formula is C10H21ClN2O3. The largest absolute Gasteiger partial charge is 0.379 e. The van der Waals surface area contributed by atoms with Crippen molar-refractivity contribution in [1.82, 2.24) is 5.32 Å². The third kappa shape index (κ3) is 7.00. The Labute approximate surface area is 102 Å². The third-order valence-electron chi connectivity index (χ3n) is 2.30. The first-order valence-electron chi connectivity index (χ1n) is 5.49. The molecule has 5 nitrogen and oxygen atoms in total. The zero-order chi connectivity index (χ0) is 10.9. The normalized spacial score (nSPS) is 19.2. The highest BCUT2D eigenvalue weighted by atomic mass is 35.5. The molecule has 1 heterocycles. The second kappa shape index (κ2) is 9.84. The molecule has 0 bridgehead atoms. The second-order valence-corrected chi connectivity index (χ2v) is 3.62. The summed E-state index contributed by atoms with van der Waals surface area (Å²) < 4.78 is 10.8. The number of carbonyl (C=O) groups excluding carboxylic acids is 1. The van der Waals surface area contributed by atoms with Crippen LogP contribution in [-0.2, 0) is 14.3 Å². The lowest BCUT2D eigenvalue weighted by molar-refractivity contribution is -0.119. The molecule has 1 fully saturated rings. The summed E-state index contributed by atoms with van der Waals surface area (Å²) in [5, 5.41) is 2.69. The minimum atomic E-state index is -0.117. The Morgan fingerprint density at radius 2 is 2.38 bits per heavy atom. The molecule has 1 aliphatic heterocycles. The molecule has 0 spiro atoms. The fourth-order valence-corrected chi connectivity index (χ4v) is 1.46. The van der Waals surface area contributed by atoms with Crippen molar-refractivity contribution in [2.24, 2.45) is 5.73 Å². The van der Waals surface area contributed by atoms with Crippen LogP contribution in [0.4, 0.5) is 0 Å². The van der Waals surface area contributed by atoms with Gasteiger partial charge in [0, 0.05) is 19.8 Å². The van der Waals surface area contributed by atoms with Gasteiger partial charge in [0.2, 0.25) is 5.91 Å². The van der Waals surface area contributed by atoms with Crippen molar-refractivity contribution in [2.45, 2.75) is 25.4 Å². The van der Waals surface area contributed by atoms with E-state index in [1.54, 1.807) is 0 Å². The number of rotatable bonds is 7. The number of ether oxygens (including phenoxy) is 2. The molecule has 1 atom stereocenters. The highest BCUT2D eigenvalue weighted by molar-refractivity contribution is 5.85. The van der Waals surface area contributed by atoms with Gasteiger partial charge in [-0.2, -0.15) is 0 Å². The second-order valence-electron chi connectivity index (χ2n) is 3.62. The van der Waals surface area contributed by atoms with Gasteiger partial charge in [0.15, 0.2) is 0 Å². The van der Waals surface area contributed by atoms with E-state index >= 15 is 0 Å². The number of hydrogen-bond acceptors (Lipinski definition) is 4. The molecule has 1 aliphatic rings. The quantitative estimate of drug-likeness (QED) is 0.629. The van der Waals surface area contributed by atoms with E-state index in [4.69, 9.17) is 15.2 Å². The van der Waals surface area contributed by atoms with E-state index in [-0.39, 0.29) is 31.0 Å². The molecule has 3 N–H and O–H groups in total. The number of nitrogens with one attached hydrogen (secondary N) is 1. The van der Waals surface area contributed by atoms with E-state index in [1.807, 2.05) is 0 Å². The first kappa shape index (κ1) is 15.6. The van der Waals surface area contributed by atoms with Crippen LogP contribution in [0, 0.1) is 0 Å². The van der Waals surface area contributed by atoms with Gasteiger partial charge in [-0.3, -0.25) is 4.79 Å². The minimum Gasteiger partial charge on any atom is -0.379 e. The Kier molecular flexibility index (Phi) is 9.62. The zero-order valence-electron chi connectivity index (χ0n) is 9.44. The molecule has 1 amide bonds. The van der Waals surface area contributed by atoms with Gasteiger partial charge in [0.1, 0.15) is 0 Å². The van der Waals surface area contributed by atoms with Gasteiger partial charge in [-0.15, -0.1) is 12.4 Å². The molecule has 1 rings (SSSR count). The maximum absolute atomic E-state index is 10.8.